The predicted molar refractivity (Wildman–Crippen MR) is 125 cm³/mol. The highest BCUT2D eigenvalue weighted by Gasteiger charge is 2.23. The number of amides is 2. The van der Waals surface area contributed by atoms with Gasteiger partial charge in [0, 0.05) is 39.0 Å². The van der Waals surface area contributed by atoms with E-state index >= 15 is 0 Å². The summed E-state index contributed by atoms with van der Waals surface area (Å²) in [5, 5.41) is 2.44. The zero-order valence-corrected chi connectivity index (χ0v) is 18.0. The molecule has 3 aromatic rings. The molecule has 4 heteroatoms. The van der Waals surface area contributed by atoms with Crippen LogP contribution in [0, 0.1) is 0 Å². The maximum absolute atomic E-state index is 12.7. The van der Waals surface area contributed by atoms with E-state index in [9.17, 15) is 9.59 Å². The fourth-order valence-corrected chi connectivity index (χ4v) is 4.26. The number of benzene rings is 3. The van der Waals surface area contributed by atoms with Gasteiger partial charge in [0.05, 0.1) is 0 Å². The number of carbonyl (C=O) groups excluding carboxylic acids is 2. The molecule has 0 unspecified atom stereocenters. The van der Waals surface area contributed by atoms with Crippen LogP contribution in [0.15, 0.2) is 72.8 Å². The minimum Gasteiger partial charge on any atom is -0.339 e. The van der Waals surface area contributed by atoms with Gasteiger partial charge in [-0.15, -0.1) is 0 Å². The van der Waals surface area contributed by atoms with Crippen molar-refractivity contribution in [1.29, 1.82) is 0 Å². The highest BCUT2D eigenvalue weighted by atomic mass is 16.2. The molecule has 31 heavy (non-hydrogen) atoms. The van der Waals surface area contributed by atoms with Gasteiger partial charge in [-0.25, -0.2) is 0 Å². The van der Waals surface area contributed by atoms with Gasteiger partial charge in [0.15, 0.2) is 0 Å². The Bertz CT molecular complexity index is 1020. The molecule has 0 radical (unpaired) electrons. The van der Waals surface area contributed by atoms with Crippen LogP contribution >= 0.6 is 0 Å². The maximum atomic E-state index is 12.7. The molecule has 1 saturated heterocycles. The summed E-state index contributed by atoms with van der Waals surface area (Å²) in [6.45, 7) is 2.57. The van der Waals surface area contributed by atoms with E-state index in [0.29, 0.717) is 39.0 Å². The smallest absolute Gasteiger partial charge is 0.223 e. The molecule has 0 spiro atoms. The Labute approximate surface area is 184 Å². The van der Waals surface area contributed by atoms with E-state index in [1.54, 1.807) is 0 Å². The van der Waals surface area contributed by atoms with E-state index in [0.717, 1.165) is 19.3 Å². The van der Waals surface area contributed by atoms with Crippen LogP contribution in [0.25, 0.3) is 10.8 Å². The zero-order chi connectivity index (χ0) is 21.5. The molecule has 3 aromatic carbocycles. The van der Waals surface area contributed by atoms with Crippen molar-refractivity contribution in [2.45, 2.75) is 32.1 Å². The second-order valence-electron chi connectivity index (χ2n) is 8.28. The largest absolute Gasteiger partial charge is 0.339 e. The standard InChI is InChI=1S/C27H30N2O2/c30-26(12-6-9-22-7-2-1-3-8-22)28-17-19-29(20-18-28)27(31)16-14-23-13-15-24-10-4-5-11-25(24)21-23/h1-5,7-8,10-11,13,15,21H,6,9,12,14,16-20H2. The summed E-state index contributed by atoms with van der Waals surface area (Å²) in [6.07, 6.45) is 3.64. The molecule has 2 amide bonds. The van der Waals surface area contributed by atoms with Crippen molar-refractivity contribution in [3.8, 4) is 0 Å². The number of piperazine rings is 1. The lowest BCUT2D eigenvalue weighted by atomic mass is 10.0. The summed E-state index contributed by atoms with van der Waals surface area (Å²) in [5.41, 5.74) is 2.47. The van der Waals surface area contributed by atoms with Gasteiger partial charge in [-0.2, -0.15) is 0 Å². The number of rotatable bonds is 7. The average molecular weight is 415 g/mol. The molecule has 1 aliphatic heterocycles. The van der Waals surface area contributed by atoms with Gasteiger partial charge < -0.3 is 9.80 Å². The minimum absolute atomic E-state index is 0.185. The molecule has 0 aromatic heterocycles. The molecule has 4 rings (SSSR count). The Balaban J connectivity index is 1.19. The lowest BCUT2D eigenvalue weighted by molar-refractivity contribution is -0.139. The lowest BCUT2D eigenvalue weighted by Gasteiger charge is -2.35. The van der Waals surface area contributed by atoms with Crippen molar-refractivity contribution in [3.05, 3.63) is 83.9 Å². The second-order valence-corrected chi connectivity index (χ2v) is 8.28. The van der Waals surface area contributed by atoms with Crippen molar-refractivity contribution in [2.75, 3.05) is 26.2 Å². The van der Waals surface area contributed by atoms with Gasteiger partial charge in [0.1, 0.15) is 0 Å². The molecule has 160 valence electrons. The van der Waals surface area contributed by atoms with E-state index < -0.39 is 0 Å². The first-order valence-corrected chi connectivity index (χ1v) is 11.3. The summed E-state index contributed by atoms with van der Waals surface area (Å²) in [7, 11) is 0. The van der Waals surface area contributed by atoms with Crippen molar-refractivity contribution >= 4 is 22.6 Å². The topological polar surface area (TPSA) is 40.6 Å². The van der Waals surface area contributed by atoms with Crippen LogP contribution in [0.5, 0.6) is 0 Å². The van der Waals surface area contributed by atoms with Gasteiger partial charge in [-0.1, -0.05) is 72.8 Å². The molecule has 0 atom stereocenters. The quantitative estimate of drug-likeness (QED) is 0.572. The summed E-state index contributed by atoms with van der Waals surface area (Å²) in [5.74, 6) is 0.392. The Morgan fingerprint density at radius 1 is 0.613 bits per heavy atom. The first-order valence-electron chi connectivity index (χ1n) is 11.3. The van der Waals surface area contributed by atoms with Crippen LogP contribution < -0.4 is 0 Å². The molecule has 0 N–H and O–H groups in total. The highest BCUT2D eigenvalue weighted by Crippen LogP contribution is 2.17. The second kappa shape index (κ2) is 10.3. The molecule has 4 nitrogen and oxygen atoms in total. The van der Waals surface area contributed by atoms with Crippen LogP contribution in [-0.4, -0.2) is 47.8 Å². The summed E-state index contributed by atoms with van der Waals surface area (Å²) >= 11 is 0. The van der Waals surface area contributed by atoms with Crippen molar-refractivity contribution in [2.24, 2.45) is 0 Å². The first kappa shape index (κ1) is 21.1. The normalized spacial score (nSPS) is 14.1. The third-order valence-corrected chi connectivity index (χ3v) is 6.13. The van der Waals surface area contributed by atoms with Crippen LogP contribution in [0.2, 0.25) is 0 Å². The highest BCUT2D eigenvalue weighted by molar-refractivity contribution is 5.83. The predicted octanol–water partition coefficient (Wildman–Crippen LogP) is 4.47. The summed E-state index contributed by atoms with van der Waals surface area (Å²) < 4.78 is 0. The van der Waals surface area contributed by atoms with Gasteiger partial charge in [0.2, 0.25) is 11.8 Å². The molecular weight excluding hydrogens is 384 g/mol. The number of aryl methyl sites for hydroxylation is 2. The Morgan fingerprint density at radius 2 is 1.23 bits per heavy atom. The fraction of sp³-hybridized carbons (Fsp3) is 0.333. The van der Waals surface area contributed by atoms with Gasteiger partial charge in [-0.05, 0) is 41.2 Å². The molecule has 0 bridgehead atoms. The zero-order valence-electron chi connectivity index (χ0n) is 18.0. The van der Waals surface area contributed by atoms with Crippen LogP contribution in [0.1, 0.15) is 30.4 Å². The van der Waals surface area contributed by atoms with Gasteiger partial charge in [-0.3, -0.25) is 9.59 Å². The summed E-state index contributed by atoms with van der Waals surface area (Å²) in [4.78, 5) is 29.0. The Hall–Kier alpha value is -3.14. The van der Waals surface area contributed by atoms with E-state index in [-0.39, 0.29) is 11.8 Å². The van der Waals surface area contributed by atoms with Gasteiger partial charge in [0.25, 0.3) is 0 Å². The molecular formula is C27H30N2O2. The molecule has 1 aliphatic rings. The maximum Gasteiger partial charge on any atom is 0.223 e. The average Bonchev–Trinajstić information content (AvgIpc) is 2.83. The SMILES string of the molecule is O=C(CCCc1ccccc1)N1CCN(C(=O)CCc2ccc3ccccc3c2)CC1. The summed E-state index contributed by atoms with van der Waals surface area (Å²) in [6, 6.07) is 25.0. The number of fused-ring (bicyclic) bond motifs is 1. The van der Waals surface area contributed by atoms with Crippen molar-refractivity contribution in [3.63, 3.8) is 0 Å². The van der Waals surface area contributed by atoms with E-state index in [1.807, 2.05) is 40.1 Å². The number of hydrogen-bond acceptors (Lipinski definition) is 2. The molecule has 1 fully saturated rings. The third kappa shape index (κ3) is 5.72. The van der Waals surface area contributed by atoms with E-state index in [1.165, 1.54) is 21.9 Å². The van der Waals surface area contributed by atoms with E-state index in [2.05, 4.69) is 42.5 Å². The fourth-order valence-electron chi connectivity index (χ4n) is 4.26. The van der Waals surface area contributed by atoms with Crippen LogP contribution in [0.3, 0.4) is 0 Å². The van der Waals surface area contributed by atoms with Crippen LogP contribution in [-0.2, 0) is 22.4 Å². The van der Waals surface area contributed by atoms with Gasteiger partial charge >= 0.3 is 0 Å². The van der Waals surface area contributed by atoms with E-state index in [4.69, 9.17) is 0 Å². The first-order chi connectivity index (χ1) is 15.2. The number of nitrogens with zero attached hydrogens (tertiary/aromatic N) is 2. The van der Waals surface area contributed by atoms with Crippen molar-refractivity contribution < 1.29 is 9.59 Å². The third-order valence-electron chi connectivity index (χ3n) is 6.13. The minimum atomic E-state index is 0.185. The molecule has 0 aliphatic carbocycles. The monoisotopic (exact) mass is 414 g/mol. The van der Waals surface area contributed by atoms with Crippen molar-refractivity contribution in [1.82, 2.24) is 9.80 Å². The molecule has 1 heterocycles. The van der Waals surface area contributed by atoms with Crippen LogP contribution in [0.4, 0.5) is 0 Å². The molecule has 0 saturated carbocycles. The lowest BCUT2D eigenvalue weighted by Crippen LogP contribution is -2.50. The Kier molecular flexibility index (Phi) is 6.98. The number of hydrogen-bond donors (Lipinski definition) is 0. The number of carbonyl (C=O) groups is 2. The Morgan fingerprint density at radius 3 is 1.94 bits per heavy atom.